The number of likely N-dealkylation sites (N-methyl/N-ethyl adjacent to an activating group) is 1. The minimum absolute atomic E-state index is 0.293. The maximum atomic E-state index is 12.0. The number of morpholine rings is 1. The molecule has 6 nitrogen and oxygen atoms in total. The van der Waals surface area contributed by atoms with E-state index in [4.69, 9.17) is 9.47 Å². The minimum atomic E-state index is -0.293. The van der Waals surface area contributed by atoms with E-state index in [2.05, 4.69) is 17.1 Å². The number of carbonyl (C=O) groups excluding carboxylic acids is 2. The van der Waals surface area contributed by atoms with E-state index >= 15 is 0 Å². The molecule has 1 fully saturated rings. The van der Waals surface area contributed by atoms with E-state index in [1.165, 1.54) is 25.8 Å². The van der Waals surface area contributed by atoms with Gasteiger partial charge in [-0.25, -0.2) is 4.79 Å². The van der Waals surface area contributed by atoms with Gasteiger partial charge in [0.05, 0.1) is 30.4 Å². The number of hydrogen-bond acceptors (Lipinski definition) is 6. The Morgan fingerprint density at radius 2 is 1.81 bits per heavy atom. The molecule has 2 rings (SSSR count). The molecule has 1 saturated heterocycles. The number of esters is 1. The molecule has 27 heavy (non-hydrogen) atoms. The molecule has 0 saturated carbocycles. The fourth-order valence-electron chi connectivity index (χ4n) is 3.00. The predicted molar refractivity (Wildman–Crippen MR) is 111 cm³/mol. The van der Waals surface area contributed by atoms with Gasteiger partial charge in [-0.2, -0.15) is 0 Å². The highest BCUT2D eigenvalue weighted by Gasteiger charge is 2.17. The Hall–Kier alpha value is -1.05. The van der Waals surface area contributed by atoms with Crippen LogP contribution in [-0.4, -0.2) is 62.5 Å². The summed E-state index contributed by atoms with van der Waals surface area (Å²) >= 11 is 1.55. The Bertz CT molecular complexity index is 451. The molecule has 0 unspecified atom stereocenters. The maximum absolute atomic E-state index is 12.0. The molecular weight excluding hydrogens is 364 g/mol. The first-order chi connectivity index (χ1) is 13.2. The molecule has 156 valence electrons. The Morgan fingerprint density at radius 3 is 2.41 bits per heavy atom. The van der Waals surface area contributed by atoms with Crippen LogP contribution in [0.5, 0.6) is 0 Å². The van der Waals surface area contributed by atoms with Crippen molar-refractivity contribution in [2.75, 3.05) is 45.2 Å². The van der Waals surface area contributed by atoms with E-state index in [1.54, 1.807) is 18.7 Å². The second-order valence-electron chi connectivity index (χ2n) is 6.56. The number of thioether (sulfide) groups is 1. The van der Waals surface area contributed by atoms with Crippen molar-refractivity contribution in [3.63, 3.8) is 0 Å². The normalized spacial score (nSPS) is 22.6. The Labute approximate surface area is 168 Å². The zero-order valence-electron chi connectivity index (χ0n) is 17.0. The predicted octanol–water partition coefficient (Wildman–Crippen LogP) is 3.32. The number of hydrogen-bond donors (Lipinski definition) is 1. The first-order valence-electron chi connectivity index (χ1n) is 10.3. The summed E-state index contributed by atoms with van der Waals surface area (Å²) in [6, 6.07) is 0. The van der Waals surface area contributed by atoms with Gasteiger partial charge in [-0.3, -0.25) is 9.69 Å². The number of rotatable bonds is 5. The third-order valence-electron chi connectivity index (χ3n) is 4.60. The van der Waals surface area contributed by atoms with Gasteiger partial charge in [-0.15, -0.1) is 11.8 Å². The molecule has 0 aromatic carbocycles. The first-order valence-corrected chi connectivity index (χ1v) is 11.2. The number of ether oxygens (including phenoxy) is 2. The number of carbonyl (C=O) groups is 2. The summed E-state index contributed by atoms with van der Waals surface area (Å²) in [6.07, 6.45) is 8.23. The van der Waals surface area contributed by atoms with Gasteiger partial charge in [0.1, 0.15) is 0 Å². The van der Waals surface area contributed by atoms with Gasteiger partial charge in [0, 0.05) is 13.1 Å². The first kappa shape index (κ1) is 24.0. The lowest BCUT2D eigenvalue weighted by molar-refractivity contribution is -0.138. The molecule has 0 aliphatic carbocycles. The molecule has 1 N–H and O–H groups in total. The van der Waals surface area contributed by atoms with Gasteiger partial charge in [-0.1, -0.05) is 32.6 Å². The van der Waals surface area contributed by atoms with Gasteiger partial charge in [-0.05, 0) is 38.5 Å². The zero-order valence-corrected chi connectivity index (χ0v) is 17.8. The van der Waals surface area contributed by atoms with Crippen LogP contribution in [0, 0.1) is 0 Å². The highest BCUT2D eigenvalue weighted by Crippen LogP contribution is 2.25. The molecule has 0 aromatic heterocycles. The smallest absolute Gasteiger partial charge is 0.336 e. The Kier molecular flexibility index (Phi) is 14.2. The van der Waals surface area contributed by atoms with Crippen LogP contribution in [0.1, 0.15) is 58.8 Å². The molecule has 0 atom stereocenters. The molecule has 0 spiro atoms. The van der Waals surface area contributed by atoms with Crippen molar-refractivity contribution in [2.45, 2.75) is 58.8 Å². The molecule has 2 heterocycles. The average Bonchev–Trinajstić information content (AvgIpc) is 2.75. The van der Waals surface area contributed by atoms with E-state index in [9.17, 15) is 9.59 Å². The van der Waals surface area contributed by atoms with Gasteiger partial charge >= 0.3 is 5.97 Å². The topological polar surface area (TPSA) is 67.9 Å². The van der Waals surface area contributed by atoms with Crippen LogP contribution < -0.4 is 5.32 Å². The molecule has 2 aliphatic heterocycles. The maximum Gasteiger partial charge on any atom is 0.336 e. The minimum Gasteiger partial charge on any atom is -0.463 e. The lowest BCUT2D eigenvalue weighted by atomic mass is 10.1. The zero-order chi connectivity index (χ0) is 19.7. The largest absolute Gasteiger partial charge is 0.463 e. The number of nitrogens with zero attached hydrogens (tertiary/aromatic N) is 1. The standard InChI is InChI=1S/C14H23NO3S.C6H13NO/c1-2-18-14(17)12-9-7-5-3-4-6-8-10-19-13(12)15-11-16;1-2-7-3-5-8-6-4-7/h11H,2-10H2,1H3,(H,15,16);2-6H2,1H3/b13-12+;. The van der Waals surface area contributed by atoms with Crippen molar-refractivity contribution < 1.29 is 19.1 Å². The average molecular weight is 401 g/mol. The second-order valence-corrected chi connectivity index (χ2v) is 7.66. The van der Waals surface area contributed by atoms with Crippen molar-refractivity contribution in [1.82, 2.24) is 10.2 Å². The lowest BCUT2D eigenvalue weighted by Gasteiger charge is -2.24. The summed E-state index contributed by atoms with van der Waals surface area (Å²) in [6.45, 7) is 9.61. The molecule has 0 aromatic rings. The van der Waals surface area contributed by atoms with Crippen molar-refractivity contribution in [3.8, 4) is 0 Å². The van der Waals surface area contributed by atoms with Gasteiger partial charge in [0.25, 0.3) is 0 Å². The van der Waals surface area contributed by atoms with Crippen LogP contribution in [-0.2, 0) is 19.1 Å². The summed E-state index contributed by atoms with van der Waals surface area (Å²) in [5.74, 6) is 0.637. The van der Waals surface area contributed by atoms with Crippen LogP contribution >= 0.6 is 11.8 Å². The van der Waals surface area contributed by atoms with E-state index < -0.39 is 0 Å². The van der Waals surface area contributed by atoms with E-state index in [0.717, 1.165) is 51.3 Å². The summed E-state index contributed by atoms with van der Waals surface area (Å²) in [7, 11) is 0. The molecule has 1 amide bonds. The lowest BCUT2D eigenvalue weighted by Crippen LogP contribution is -2.35. The van der Waals surface area contributed by atoms with E-state index in [-0.39, 0.29) is 5.97 Å². The molecule has 0 radical (unpaired) electrons. The van der Waals surface area contributed by atoms with Crippen molar-refractivity contribution in [1.29, 1.82) is 0 Å². The van der Waals surface area contributed by atoms with Gasteiger partial charge in [0.15, 0.2) is 0 Å². The number of nitrogens with one attached hydrogen (secondary N) is 1. The van der Waals surface area contributed by atoms with Gasteiger partial charge < -0.3 is 14.8 Å². The summed E-state index contributed by atoms with van der Waals surface area (Å²) < 4.78 is 10.3. The highest BCUT2D eigenvalue weighted by molar-refractivity contribution is 8.03. The van der Waals surface area contributed by atoms with Gasteiger partial charge in [0.2, 0.25) is 6.41 Å². The fraction of sp³-hybridized carbons (Fsp3) is 0.800. The van der Waals surface area contributed by atoms with Crippen LogP contribution in [0.2, 0.25) is 0 Å². The highest BCUT2D eigenvalue weighted by atomic mass is 32.2. The monoisotopic (exact) mass is 400 g/mol. The van der Waals surface area contributed by atoms with E-state index in [1.807, 2.05) is 0 Å². The van der Waals surface area contributed by atoms with Crippen LogP contribution in [0.25, 0.3) is 0 Å². The summed E-state index contributed by atoms with van der Waals surface area (Å²) in [4.78, 5) is 25.1. The summed E-state index contributed by atoms with van der Waals surface area (Å²) in [5.41, 5.74) is 0.626. The summed E-state index contributed by atoms with van der Waals surface area (Å²) in [5, 5.41) is 3.35. The molecule has 2 aliphatic rings. The van der Waals surface area contributed by atoms with Crippen LogP contribution in [0.15, 0.2) is 10.6 Å². The van der Waals surface area contributed by atoms with Crippen molar-refractivity contribution in [3.05, 3.63) is 10.6 Å². The SMILES string of the molecule is CCN1CCOCC1.CCOC(=O)/C1=C(\NC=O)SCCCCCCCC1. The number of amides is 1. The third kappa shape index (κ3) is 10.8. The van der Waals surface area contributed by atoms with Crippen molar-refractivity contribution in [2.24, 2.45) is 0 Å². The Morgan fingerprint density at radius 1 is 1.15 bits per heavy atom. The molecular formula is C20H36N2O4S. The Balaban J connectivity index is 0.000000377. The molecule has 7 heteroatoms. The quantitative estimate of drug-likeness (QED) is 0.564. The van der Waals surface area contributed by atoms with E-state index in [0.29, 0.717) is 30.0 Å². The van der Waals surface area contributed by atoms with Crippen molar-refractivity contribution >= 4 is 24.1 Å². The second kappa shape index (κ2) is 16.0. The van der Waals surface area contributed by atoms with Crippen LogP contribution in [0.3, 0.4) is 0 Å². The third-order valence-corrected chi connectivity index (χ3v) is 5.75. The molecule has 0 bridgehead atoms. The fourth-order valence-corrected chi connectivity index (χ4v) is 4.04. The van der Waals surface area contributed by atoms with Crippen LogP contribution in [0.4, 0.5) is 0 Å².